The molecule has 8 N–H and O–H groups in total. The number of primary amides is 1. The molecular formula is C20H25N5O3. The van der Waals surface area contributed by atoms with Gasteiger partial charge in [0.25, 0.3) is 5.91 Å². The molecule has 148 valence electrons. The summed E-state index contributed by atoms with van der Waals surface area (Å²) in [5.41, 5.74) is 19.5. The Hall–Kier alpha value is -3.68. The number of H-pyrrole nitrogens is 1. The first-order valence-electron chi connectivity index (χ1n) is 8.67. The predicted octanol–water partition coefficient (Wildman–Crippen LogP) is 1.61. The van der Waals surface area contributed by atoms with E-state index < -0.39 is 5.91 Å². The number of carbonyl (C=O) groups excluding carboxylic acids is 2. The largest absolute Gasteiger partial charge is 0.507 e. The van der Waals surface area contributed by atoms with E-state index in [-0.39, 0.29) is 28.7 Å². The topological polar surface area (TPSA) is 151 Å². The molecule has 1 aromatic carbocycles. The number of nitrogens with one attached hydrogen (secondary N) is 1. The van der Waals surface area contributed by atoms with E-state index in [1.807, 2.05) is 6.92 Å². The molecule has 0 radical (unpaired) electrons. The highest BCUT2D eigenvalue weighted by Crippen LogP contribution is 2.34. The van der Waals surface area contributed by atoms with Gasteiger partial charge in [-0.15, -0.1) is 6.58 Å². The van der Waals surface area contributed by atoms with Crippen molar-refractivity contribution in [3.05, 3.63) is 59.3 Å². The number of carbonyl (C=O) groups is 2. The summed E-state index contributed by atoms with van der Waals surface area (Å²) >= 11 is 0. The van der Waals surface area contributed by atoms with Crippen molar-refractivity contribution >= 4 is 29.9 Å². The summed E-state index contributed by atoms with van der Waals surface area (Å²) in [6.07, 6.45) is 4.02. The SMILES string of the molecule is C=CC.NC(=O)c1c(C2CN(C=O)C2)[nH]c(N)c1/C=C(\N)c1ccccc1O. The number of allylic oxidation sites excluding steroid dienone is 1. The lowest BCUT2D eigenvalue weighted by atomic mass is 9.92. The monoisotopic (exact) mass is 383 g/mol. The van der Waals surface area contributed by atoms with Gasteiger partial charge >= 0.3 is 0 Å². The van der Waals surface area contributed by atoms with Gasteiger partial charge in [-0.3, -0.25) is 9.59 Å². The van der Waals surface area contributed by atoms with Crippen molar-refractivity contribution in [1.82, 2.24) is 9.88 Å². The van der Waals surface area contributed by atoms with E-state index >= 15 is 0 Å². The fourth-order valence-corrected chi connectivity index (χ4v) is 3.01. The molecule has 8 heteroatoms. The number of hydrogen-bond donors (Lipinski definition) is 5. The minimum atomic E-state index is -0.635. The molecule has 3 rings (SSSR count). The molecule has 1 aromatic heterocycles. The number of likely N-dealkylation sites (tertiary alicyclic amines) is 1. The van der Waals surface area contributed by atoms with E-state index in [4.69, 9.17) is 17.2 Å². The first kappa shape index (κ1) is 20.6. The van der Waals surface area contributed by atoms with E-state index in [1.165, 1.54) is 12.1 Å². The second-order valence-corrected chi connectivity index (χ2v) is 6.39. The van der Waals surface area contributed by atoms with Crippen LogP contribution >= 0.6 is 0 Å². The molecule has 2 amide bonds. The van der Waals surface area contributed by atoms with Crippen LogP contribution in [0.2, 0.25) is 0 Å². The van der Waals surface area contributed by atoms with Gasteiger partial charge in [-0.1, -0.05) is 18.2 Å². The fourth-order valence-electron chi connectivity index (χ4n) is 3.01. The Labute approximate surface area is 163 Å². The van der Waals surface area contributed by atoms with Crippen LogP contribution in [0.5, 0.6) is 5.75 Å². The van der Waals surface area contributed by atoms with Crippen LogP contribution in [0.4, 0.5) is 5.82 Å². The summed E-state index contributed by atoms with van der Waals surface area (Å²) in [7, 11) is 0. The van der Waals surface area contributed by atoms with Gasteiger partial charge in [0, 0.05) is 41.5 Å². The molecule has 8 nitrogen and oxygen atoms in total. The Morgan fingerprint density at radius 1 is 1.32 bits per heavy atom. The van der Waals surface area contributed by atoms with Crippen LogP contribution in [0.15, 0.2) is 36.9 Å². The van der Waals surface area contributed by atoms with Gasteiger partial charge in [0.1, 0.15) is 11.6 Å². The molecule has 28 heavy (non-hydrogen) atoms. The fraction of sp³-hybridized carbons (Fsp3) is 0.200. The molecular weight excluding hydrogens is 358 g/mol. The Morgan fingerprint density at radius 3 is 2.46 bits per heavy atom. The number of phenols is 1. The van der Waals surface area contributed by atoms with E-state index in [0.29, 0.717) is 29.9 Å². The molecule has 0 unspecified atom stereocenters. The quantitative estimate of drug-likeness (QED) is 0.392. The maximum Gasteiger partial charge on any atom is 0.251 e. The standard InChI is InChI=1S/C17H19N5O3.C3H6/c18-12(10-3-1-2-4-13(10)24)5-11-14(17(20)25)15(21-16(11)19)9-6-22(7-9)8-23;1-3-2/h1-5,8-9,21,24H,6-7,18-19H2,(H2,20,25);3H,1H2,2H3/b12-5-;. The van der Waals surface area contributed by atoms with Crippen LogP contribution in [-0.4, -0.2) is 40.4 Å². The second kappa shape index (κ2) is 8.81. The summed E-state index contributed by atoms with van der Waals surface area (Å²) in [6.45, 7) is 6.23. The molecule has 0 bridgehead atoms. The number of nitrogen functional groups attached to an aromatic ring is 1. The van der Waals surface area contributed by atoms with E-state index in [2.05, 4.69) is 11.6 Å². The Balaban J connectivity index is 0.000000878. The molecule has 2 heterocycles. The highest BCUT2D eigenvalue weighted by atomic mass is 16.3. The number of nitrogens with zero attached hydrogens (tertiary/aromatic N) is 1. The third kappa shape index (κ3) is 4.17. The lowest BCUT2D eigenvalue weighted by Crippen LogP contribution is -2.44. The summed E-state index contributed by atoms with van der Waals surface area (Å²) in [4.78, 5) is 27.3. The molecule has 2 aromatic rings. The van der Waals surface area contributed by atoms with Gasteiger partial charge in [0.2, 0.25) is 6.41 Å². The normalized spacial score (nSPS) is 13.9. The number of phenolic OH excluding ortho intramolecular Hbond substituents is 1. The van der Waals surface area contributed by atoms with Crippen LogP contribution < -0.4 is 17.2 Å². The highest BCUT2D eigenvalue weighted by Gasteiger charge is 2.33. The van der Waals surface area contributed by atoms with Crippen LogP contribution in [0.1, 0.15) is 40.0 Å². The number of aromatic amines is 1. The Bertz CT molecular complexity index is 911. The number of rotatable bonds is 5. The number of aromatic nitrogens is 1. The highest BCUT2D eigenvalue weighted by molar-refractivity contribution is 6.02. The molecule has 1 aliphatic heterocycles. The summed E-state index contributed by atoms with van der Waals surface area (Å²) in [5.74, 6) is -0.397. The van der Waals surface area contributed by atoms with Gasteiger partial charge in [-0.2, -0.15) is 0 Å². The smallest absolute Gasteiger partial charge is 0.251 e. The maximum atomic E-state index is 12.0. The number of aromatic hydroxyl groups is 1. The zero-order chi connectivity index (χ0) is 20.8. The first-order valence-corrected chi connectivity index (χ1v) is 8.67. The predicted molar refractivity (Wildman–Crippen MR) is 110 cm³/mol. The third-order valence-corrected chi connectivity index (χ3v) is 4.33. The molecule has 0 atom stereocenters. The average Bonchev–Trinajstić information content (AvgIpc) is 2.91. The number of nitrogens with two attached hydrogens (primary N) is 3. The summed E-state index contributed by atoms with van der Waals surface area (Å²) < 4.78 is 0. The minimum Gasteiger partial charge on any atom is -0.507 e. The van der Waals surface area contributed by atoms with Gasteiger partial charge in [0.15, 0.2) is 0 Å². The van der Waals surface area contributed by atoms with Crippen molar-refractivity contribution in [3.63, 3.8) is 0 Å². The van der Waals surface area contributed by atoms with E-state index in [0.717, 1.165) is 6.41 Å². The number of benzene rings is 1. The maximum absolute atomic E-state index is 12.0. The van der Waals surface area contributed by atoms with Crippen molar-refractivity contribution in [2.24, 2.45) is 11.5 Å². The Kier molecular flexibility index (Phi) is 6.49. The summed E-state index contributed by atoms with van der Waals surface area (Å²) in [5, 5.41) is 9.91. The zero-order valence-corrected chi connectivity index (χ0v) is 15.7. The van der Waals surface area contributed by atoms with Crippen LogP contribution in [-0.2, 0) is 4.79 Å². The number of amides is 2. The van der Waals surface area contributed by atoms with Crippen LogP contribution in [0, 0.1) is 0 Å². The lowest BCUT2D eigenvalue weighted by molar-refractivity contribution is -0.122. The van der Waals surface area contributed by atoms with Gasteiger partial charge in [-0.25, -0.2) is 0 Å². The van der Waals surface area contributed by atoms with Crippen molar-refractivity contribution in [2.75, 3.05) is 18.8 Å². The molecule has 1 aliphatic rings. The van der Waals surface area contributed by atoms with Crippen molar-refractivity contribution in [3.8, 4) is 5.75 Å². The molecule has 0 saturated carbocycles. The number of anilines is 1. The lowest BCUT2D eigenvalue weighted by Gasteiger charge is -2.36. The van der Waals surface area contributed by atoms with Crippen LogP contribution in [0.3, 0.4) is 0 Å². The average molecular weight is 383 g/mol. The van der Waals surface area contributed by atoms with Gasteiger partial charge < -0.3 is 32.2 Å². The first-order chi connectivity index (χ1) is 13.3. The molecule has 1 fully saturated rings. The minimum absolute atomic E-state index is 0.0202. The molecule has 1 saturated heterocycles. The third-order valence-electron chi connectivity index (χ3n) is 4.33. The van der Waals surface area contributed by atoms with Gasteiger partial charge in [-0.05, 0) is 25.1 Å². The van der Waals surface area contributed by atoms with Crippen LogP contribution in [0.25, 0.3) is 11.8 Å². The zero-order valence-electron chi connectivity index (χ0n) is 15.7. The second-order valence-electron chi connectivity index (χ2n) is 6.39. The number of para-hydroxylation sites is 1. The van der Waals surface area contributed by atoms with Gasteiger partial charge in [0.05, 0.1) is 5.56 Å². The summed E-state index contributed by atoms with van der Waals surface area (Å²) in [6, 6.07) is 6.58. The molecule has 0 aliphatic carbocycles. The number of hydrogen-bond acceptors (Lipinski definition) is 5. The van der Waals surface area contributed by atoms with Crippen molar-refractivity contribution < 1.29 is 14.7 Å². The Morgan fingerprint density at radius 2 is 1.93 bits per heavy atom. The van der Waals surface area contributed by atoms with Crippen molar-refractivity contribution in [1.29, 1.82) is 0 Å². The molecule has 0 spiro atoms. The van der Waals surface area contributed by atoms with E-state index in [9.17, 15) is 14.7 Å². The van der Waals surface area contributed by atoms with Crippen molar-refractivity contribution in [2.45, 2.75) is 12.8 Å². The van der Waals surface area contributed by atoms with E-state index in [1.54, 1.807) is 29.2 Å².